The Morgan fingerprint density at radius 1 is 1.17 bits per heavy atom. The maximum Gasteiger partial charge on any atom is 0.176 e. The summed E-state index contributed by atoms with van der Waals surface area (Å²) in [7, 11) is 0. The van der Waals surface area contributed by atoms with Gasteiger partial charge in [0.15, 0.2) is 5.78 Å². The van der Waals surface area contributed by atoms with Gasteiger partial charge in [-0.1, -0.05) is 13.8 Å². The van der Waals surface area contributed by atoms with Crippen molar-refractivity contribution in [2.75, 3.05) is 0 Å². The third-order valence-electron chi connectivity index (χ3n) is 2.78. The molecule has 1 rings (SSSR count). The molecule has 1 aromatic carbocycles. The molecule has 0 radical (unpaired) electrons. The molecular weight excluding hydrogens is 245 g/mol. The van der Waals surface area contributed by atoms with Crippen LogP contribution in [0.4, 0.5) is 13.2 Å². The van der Waals surface area contributed by atoms with E-state index in [9.17, 15) is 22.8 Å². The van der Waals surface area contributed by atoms with E-state index in [1.807, 2.05) is 0 Å². The van der Waals surface area contributed by atoms with Crippen LogP contribution < -0.4 is 0 Å². The number of benzene rings is 1. The first-order chi connectivity index (χ1) is 8.36. The molecule has 5 heteroatoms. The minimum absolute atomic E-state index is 0.347. The normalized spacial score (nSPS) is 12.3. The summed E-state index contributed by atoms with van der Waals surface area (Å²) in [5.74, 6) is -5.36. The molecule has 0 bridgehead atoms. The van der Waals surface area contributed by atoms with Gasteiger partial charge in [0.2, 0.25) is 0 Å². The van der Waals surface area contributed by atoms with Gasteiger partial charge < -0.3 is 0 Å². The zero-order valence-electron chi connectivity index (χ0n) is 10.1. The molecule has 0 N–H and O–H groups in total. The molecule has 1 atom stereocenters. The molecule has 1 aromatic rings. The second-order valence-electron chi connectivity index (χ2n) is 4.12. The van der Waals surface area contributed by atoms with Crippen LogP contribution in [0, 0.1) is 23.4 Å². The van der Waals surface area contributed by atoms with E-state index in [2.05, 4.69) is 0 Å². The first-order valence-electron chi connectivity index (χ1n) is 5.57. The Balaban J connectivity index is 2.95. The lowest BCUT2D eigenvalue weighted by molar-refractivity contribution is -0.121. The molecule has 0 amide bonds. The van der Waals surface area contributed by atoms with E-state index in [1.54, 1.807) is 13.8 Å². The Kier molecular flexibility index (Phi) is 4.64. The molecule has 0 aliphatic heterocycles. The monoisotopic (exact) mass is 258 g/mol. The third kappa shape index (κ3) is 3.18. The van der Waals surface area contributed by atoms with Crippen molar-refractivity contribution in [1.82, 2.24) is 0 Å². The van der Waals surface area contributed by atoms with Crippen LogP contribution in [-0.4, -0.2) is 11.6 Å². The first-order valence-corrected chi connectivity index (χ1v) is 5.57. The van der Waals surface area contributed by atoms with Crippen LogP contribution in [0.15, 0.2) is 12.1 Å². The zero-order valence-corrected chi connectivity index (χ0v) is 10.1. The summed E-state index contributed by atoms with van der Waals surface area (Å²) in [6.45, 7) is 3.40. The van der Waals surface area contributed by atoms with E-state index in [0.717, 1.165) is 0 Å². The number of Topliss-reactive ketones (excluding diaryl/α,β-unsaturated/α-hetero) is 2. The predicted molar refractivity (Wildman–Crippen MR) is 59.7 cm³/mol. The fourth-order valence-electron chi connectivity index (χ4n) is 1.46. The van der Waals surface area contributed by atoms with Gasteiger partial charge >= 0.3 is 0 Å². The average molecular weight is 258 g/mol. The molecule has 1 unspecified atom stereocenters. The molecule has 0 saturated carbocycles. The van der Waals surface area contributed by atoms with E-state index in [1.165, 1.54) is 0 Å². The Hall–Kier alpha value is -1.65. The second-order valence-corrected chi connectivity index (χ2v) is 4.12. The maximum absolute atomic E-state index is 13.3. The Morgan fingerprint density at radius 3 is 2.11 bits per heavy atom. The largest absolute Gasteiger partial charge is 0.299 e. The fourth-order valence-corrected chi connectivity index (χ4v) is 1.46. The van der Waals surface area contributed by atoms with E-state index in [4.69, 9.17) is 0 Å². The highest BCUT2D eigenvalue weighted by molar-refractivity contribution is 6.08. The lowest BCUT2D eigenvalue weighted by atomic mass is 9.96. The number of hydrogen-bond acceptors (Lipinski definition) is 2. The van der Waals surface area contributed by atoms with Crippen LogP contribution in [0.25, 0.3) is 0 Å². The minimum atomic E-state index is -1.28. The molecule has 2 nitrogen and oxygen atoms in total. The predicted octanol–water partition coefficient (Wildman–Crippen LogP) is 3.29. The number of rotatable bonds is 5. The summed E-state index contributed by atoms with van der Waals surface area (Å²) in [5.41, 5.74) is -0.854. The van der Waals surface area contributed by atoms with Gasteiger partial charge in [-0.25, -0.2) is 13.2 Å². The maximum atomic E-state index is 13.3. The van der Waals surface area contributed by atoms with Crippen LogP contribution in [0.3, 0.4) is 0 Å². The van der Waals surface area contributed by atoms with E-state index in [0.29, 0.717) is 18.6 Å². The summed E-state index contributed by atoms with van der Waals surface area (Å²) in [5, 5.41) is 0. The van der Waals surface area contributed by atoms with Crippen molar-refractivity contribution in [3.8, 4) is 0 Å². The topological polar surface area (TPSA) is 34.1 Å². The van der Waals surface area contributed by atoms with Crippen molar-refractivity contribution < 1.29 is 22.8 Å². The van der Waals surface area contributed by atoms with E-state index >= 15 is 0 Å². The molecule has 0 fully saturated rings. The Bertz CT molecular complexity index is 460. The first kappa shape index (κ1) is 14.4. The molecule has 0 aromatic heterocycles. The van der Waals surface area contributed by atoms with Gasteiger partial charge in [-0.05, 0) is 6.42 Å². The SMILES string of the molecule is CCC(C)C(=O)CC(=O)c1c(F)cc(F)cc1F. The smallest absolute Gasteiger partial charge is 0.176 e. The second kappa shape index (κ2) is 5.80. The molecular formula is C13H13F3O2. The van der Waals surface area contributed by atoms with E-state index < -0.39 is 35.2 Å². The highest BCUT2D eigenvalue weighted by Crippen LogP contribution is 2.18. The summed E-state index contributed by atoms with van der Waals surface area (Å²) >= 11 is 0. The zero-order chi connectivity index (χ0) is 13.9. The quantitative estimate of drug-likeness (QED) is 0.600. The van der Waals surface area contributed by atoms with Gasteiger partial charge in [0, 0.05) is 18.1 Å². The van der Waals surface area contributed by atoms with Crippen LogP contribution in [0.1, 0.15) is 37.0 Å². The Labute approximate surface area is 103 Å². The van der Waals surface area contributed by atoms with Gasteiger partial charge in [-0.2, -0.15) is 0 Å². The van der Waals surface area contributed by atoms with Crippen molar-refractivity contribution in [1.29, 1.82) is 0 Å². The van der Waals surface area contributed by atoms with Gasteiger partial charge in [-0.15, -0.1) is 0 Å². The number of halogens is 3. The molecule has 98 valence electrons. The highest BCUT2D eigenvalue weighted by Gasteiger charge is 2.22. The summed E-state index contributed by atoms with van der Waals surface area (Å²) in [6, 6.07) is 0.841. The number of carbonyl (C=O) groups excluding carboxylic acids is 2. The summed E-state index contributed by atoms with van der Waals surface area (Å²) in [6.07, 6.45) is -0.0328. The van der Waals surface area contributed by atoms with Crippen molar-refractivity contribution in [2.24, 2.45) is 5.92 Å². The van der Waals surface area contributed by atoms with Gasteiger partial charge in [0.25, 0.3) is 0 Å². The van der Waals surface area contributed by atoms with Crippen molar-refractivity contribution in [3.05, 3.63) is 35.1 Å². The summed E-state index contributed by atoms with van der Waals surface area (Å²) in [4.78, 5) is 23.1. The minimum Gasteiger partial charge on any atom is -0.299 e. The number of ketones is 2. The standard InChI is InChI=1S/C13H13F3O2/c1-3-7(2)11(17)6-12(18)13-9(15)4-8(14)5-10(13)16/h4-5,7H,3,6H2,1-2H3. The molecule has 0 spiro atoms. The molecule has 0 aliphatic rings. The molecule has 0 saturated heterocycles. The van der Waals surface area contributed by atoms with E-state index in [-0.39, 0.29) is 11.7 Å². The molecule has 0 heterocycles. The fraction of sp³-hybridized carbons (Fsp3) is 0.385. The van der Waals surface area contributed by atoms with Crippen LogP contribution >= 0.6 is 0 Å². The Morgan fingerprint density at radius 2 is 1.67 bits per heavy atom. The lowest BCUT2D eigenvalue weighted by Gasteiger charge is -2.07. The van der Waals surface area contributed by atoms with Gasteiger partial charge in [-0.3, -0.25) is 9.59 Å². The van der Waals surface area contributed by atoms with Crippen LogP contribution in [-0.2, 0) is 4.79 Å². The molecule has 18 heavy (non-hydrogen) atoms. The molecule has 0 aliphatic carbocycles. The third-order valence-corrected chi connectivity index (χ3v) is 2.78. The van der Waals surface area contributed by atoms with Gasteiger partial charge in [0.05, 0.1) is 12.0 Å². The highest BCUT2D eigenvalue weighted by atomic mass is 19.1. The van der Waals surface area contributed by atoms with Gasteiger partial charge in [0.1, 0.15) is 23.2 Å². The average Bonchev–Trinajstić information content (AvgIpc) is 2.26. The van der Waals surface area contributed by atoms with Crippen LogP contribution in [0.2, 0.25) is 0 Å². The van der Waals surface area contributed by atoms with Crippen molar-refractivity contribution in [3.63, 3.8) is 0 Å². The summed E-state index contributed by atoms with van der Waals surface area (Å²) < 4.78 is 39.2. The number of hydrogen-bond donors (Lipinski definition) is 0. The number of carbonyl (C=O) groups is 2. The lowest BCUT2D eigenvalue weighted by Crippen LogP contribution is -2.17. The van der Waals surface area contributed by atoms with Crippen molar-refractivity contribution in [2.45, 2.75) is 26.7 Å². The van der Waals surface area contributed by atoms with Crippen LogP contribution in [0.5, 0.6) is 0 Å². The van der Waals surface area contributed by atoms with Crippen molar-refractivity contribution >= 4 is 11.6 Å².